The van der Waals surface area contributed by atoms with Gasteiger partial charge in [0.1, 0.15) is 23.7 Å². The Kier molecular flexibility index (Phi) is 4.54. The Balaban J connectivity index is 1.52. The molecule has 4 heterocycles. The van der Waals surface area contributed by atoms with E-state index in [1.807, 2.05) is 30.7 Å². The third kappa shape index (κ3) is 3.09. The van der Waals surface area contributed by atoms with Crippen LogP contribution in [0.25, 0.3) is 11.0 Å². The molecular weight excluding hydrogens is 380 g/mol. The van der Waals surface area contributed by atoms with E-state index in [0.717, 1.165) is 36.1 Å². The fourth-order valence-corrected chi connectivity index (χ4v) is 4.96. The molecule has 7 nitrogen and oxygen atoms in total. The Hall–Kier alpha value is -1.41. The molecule has 152 valence electrons. The van der Waals surface area contributed by atoms with Gasteiger partial charge < -0.3 is 24.1 Å². The van der Waals surface area contributed by atoms with Crippen molar-refractivity contribution in [2.45, 2.75) is 89.2 Å². The summed E-state index contributed by atoms with van der Waals surface area (Å²) in [6, 6.07) is 2.48. The summed E-state index contributed by atoms with van der Waals surface area (Å²) in [7, 11) is 0. The molecule has 0 radical (unpaired) electrons. The van der Waals surface area contributed by atoms with E-state index in [4.69, 9.17) is 25.8 Å². The van der Waals surface area contributed by atoms with Gasteiger partial charge in [0, 0.05) is 12.2 Å². The first-order valence-electron chi connectivity index (χ1n) is 10.3. The minimum Gasteiger partial charge on any atom is -0.367 e. The lowest BCUT2D eigenvalue weighted by Gasteiger charge is -2.24. The Morgan fingerprint density at radius 2 is 1.96 bits per heavy atom. The molecule has 0 bridgehead atoms. The smallest absolute Gasteiger partial charge is 0.226 e. The molecule has 3 fully saturated rings. The van der Waals surface area contributed by atoms with E-state index >= 15 is 0 Å². The molecule has 0 aromatic carbocycles. The highest BCUT2D eigenvalue weighted by molar-refractivity contribution is 6.28. The van der Waals surface area contributed by atoms with E-state index in [2.05, 4.69) is 22.2 Å². The monoisotopic (exact) mass is 406 g/mol. The van der Waals surface area contributed by atoms with Crippen LogP contribution in [0.5, 0.6) is 0 Å². The van der Waals surface area contributed by atoms with Crippen molar-refractivity contribution in [1.82, 2.24) is 14.5 Å². The lowest BCUT2D eigenvalue weighted by atomic mass is 10.1. The van der Waals surface area contributed by atoms with E-state index in [-0.39, 0.29) is 29.8 Å². The molecule has 2 aliphatic heterocycles. The molecular formula is C20H27ClN4O3. The normalized spacial score (nSPS) is 32.3. The van der Waals surface area contributed by atoms with Crippen LogP contribution < -0.4 is 5.32 Å². The van der Waals surface area contributed by atoms with Crippen molar-refractivity contribution in [3.8, 4) is 0 Å². The summed E-state index contributed by atoms with van der Waals surface area (Å²) >= 11 is 6.29. The first kappa shape index (κ1) is 18.6. The fraction of sp³-hybridized carbons (Fsp3) is 0.700. The van der Waals surface area contributed by atoms with Gasteiger partial charge in [-0.05, 0) is 50.8 Å². The molecule has 8 heteroatoms. The van der Waals surface area contributed by atoms with Gasteiger partial charge in [-0.2, -0.15) is 4.98 Å². The first-order valence-corrected chi connectivity index (χ1v) is 10.6. The second-order valence-electron chi connectivity index (χ2n) is 8.47. The van der Waals surface area contributed by atoms with Gasteiger partial charge in [0.2, 0.25) is 5.28 Å². The number of halogens is 1. The van der Waals surface area contributed by atoms with Crippen LogP contribution in [-0.4, -0.2) is 44.7 Å². The van der Waals surface area contributed by atoms with Crippen molar-refractivity contribution in [3.05, 3.63) is 17.5 Å². The molecule has 2 aromatic rings. The highest BCUT2D eigenvalue weighted by Gasteiger charge is 2.55. The second-order valence-corrected chi connectivity index (χ2v) is 8.80. The molecule has 0 spiro atoms. The molecule has 28 heavy (non-hydrogen) atoms. The second kappa shape index (κ2) is 6.83. The fourth-order valence-electron chi connectivity index (χ4n) is 4.80. The number of nitrogens with zero attached hydrogens (tertiary/aromatic N) is 3. The van der Waals surface area contributed by atoms with Crippen LogP contribution in [0.4, 0.5) is 5.82 Å². The van der Waals surface area contributed by atoms with Crippen molar-refractivity contribution in [3.63, 3.8) is 0 Å². The van der Waals surface area contributed by atoms with Crippen LogP contribution in [0.2, 0.25) is 5.28 Å². The van der Waals surface area contributed by atoms with Crippen LogP contribution >= 0.6 is 11.6 Å². The molecule has 4 atom stereocenters. The van der Waals surface area contributed by atoms with E-state index in [1.165, 1.54) is 12.8 Å². The topological polar surface area (TPSA) is 70.4 Å². The quantitative estimate of drug-likeness (QED) is 0.764. The number of fused-ring (bicyclic) bond motifs is 2. The Morgan fingerprint density at radius 3 is 2.71 bits per heavy atom. The molecule has 1 saturated carbocycles. The van der Waals surface area contributed by atoms with Crippen molar-refractivity contribution < 1.29 is 14.2 Å². The van der Waals surface area contributed by atoms with Crippen LogP contribution in [0, 0.1) is 0 Å². The number of anilines is 1. The van der Waals surface area contributed by atoms with Gasteiger partial charge in [0.15, 0.2) is 12.0 Å². The third-order valence-electron chi connectivity index (χ3n) is 6.04. The van der Waals surface area contributed by atoms with Gasteiger partial charge in [0.05, 0.1) is 11.5 Å². The molecule has 1 aliphatic carbocycles. The average molecular weight is 407 g/mol. The van der Waals surface area contributed by atoms with E-state index in [0.29, 0.717) is 6.04 Å². The average Bonchev–Trinajstić information content (AvgIpc) is 3.38. The zero-order valence-electron chi connectivity index (χ0n) is 16.5. The first-order chi connectivity index (χ1) is 13.4. The Bertz CT molecular complexity index is 880. The van der Waals surface area contributed by atoms with E-state index in [1.54, 1.807) is 0 Å². The van der Waals surface area contributed by atoms with E-state index in [9.17, 15) is 0 Å². The van der Waals surface area contributed by atoms with Crippen LogP contribution in [0.15, 0.2) is 12.3 Å². The number of rotatable bonds is 4. The molecule has 0 unspecified atom stereocenters. The van der Waals surface area contributed by atoms with Crippen molar-refractivity contribution in [2.75, 3.05) is 5.32 Å². The number of aromatic nitrogens is 3. The predicted octanol–water partition coefficient (Wildman–Crippen LogP) is 4.27. The lowest BCUT2D eigenvalue weighted by Crippen LogP contribution is -2.28. The molecule has 5 rings (SSSR count). The summed E-state index contributed by atoms with van der Waals surface area (Å²) in [6.07, 6.45) is 7.10. The van der Waals surface area contributed by atoms with Gasteiger partial charge in [-0.3, -0.25) is 0 Å². The molecule has 0 amide bonds. The highest BCUT2D eigenvalue weighted by atomic mass is 35.5. The number of nitrogens with one attached hydrogen (secondary N) is 1. The maximum atomic E-state index is 6.33. The molecule has 1 N–H and O–H groups in total. The zero-order chi connectivity index (χ0) is 19.5. The maximum absolute atomic E-state index is 6.33. The number of hydrogen-bond donors (Lipinski definition) is 1. The van der Waals surface area contributed by atoms with Gasteiger partial charge in [0.25, 0.3) is 0 Å². The highest BCUT2D eigenvalue weighted by Crippen LogP contribution is 2.45. The molecule has 2 aromatic heterocycles. The van der Waals surface area contributed by atoms with Crippen molar-refractivity contribution in [2.24, 2.45) is 0 Å². The summed E-state index contributed by atoms with van der Waals surface area (Å²) in [5.41, 5.74) is 0.759. The summed E-state index contributed by atoms with van der Waals surface area (Å²) in [4.78, 5) is 8.98. The van der Waals surface area contributed by atoms with Crippen LogP contribution in [0.3, 0.4) is 0 Å². The minimum atomic E-state index is -0.616. The summed E-state index contributed by atoms with van der Waals surface area (Å²) in [6.45, 7) is 6.01. The van der Waals surface area contributed by atoms with Crippen LogP contribution in [-0.2, 0) is 14.2 Å². The molecule has 3 aliphatic rings. The third-order valence-corrected chi connectivity index (χ3v) is 6.21. The SMILES string of the molecule is CC[C@H]1O[C@@H](n2ccc3c(NC4CCCC4)nc(Cl)nc32)[C@@H]2OC(C)(C)O[C@@H]21. The lowest BCUT2D eigenvalue weighted by molar-refractivity contribution is -0.196. The summed E-state index contributed by atoms with van der Waals surface area (Å²) in [5, 5.41) is 4.75. The van der Waals surface area contributed by atoms with Gasteiger partial charge in [-0.25, -0.2) is 4.98 Å². The Morgan fingerprint density at radius 1 is 1.21 bits per heavy atom. The van der Waals surface area contributed by atoms with Crippen molar-refractivity contribution in [1.29, 1.82) is 0 Å². The number of hydrogen-bond acceptors (Lipinski definition) is 6. The summed E-state index contributed by atoms with van der Waals surface area (Å²) < 4.78 is 20.7. The van der Waals surface area contributed by atoms with Crippen molar-refractivity contribution >= 4 is 28.5 Å². The van der Waals surface area contributed by atoms with Gasteiger partial charge in [-0.15, -0.1) is 0 Å². The zero-order valence-corrected chi connectivity index (χ0v) is 17.3. The maximum Gasteiger partial charge on any atom is 0.226 e. The van der Waals surface area contributed by atoms with Gasteiger partial charge in [-0.1, -0.05) is 19.8 Å². The van der Waals surface area contributed by atoms with Crippen LogP contribution in [0.1, 0.15) is 59.1 Å². The molecule has 2 saturated heterocycles. The predicted molar refractivity (Wildman–Crippen MR) is 106 cm³/mol. The number of ether oxygens (including phenoxy) is 3. The largest absolute Gasteiger partial charge is 0.367 e. The van der Waals surface area contributed by atoms with E-state index < -0.39 is 5.79 Å². The van der Waals surface area contributed by atoms with Gasteiger partial charge >= 0.3 is 0 Å². The minimum absolute atomic E-state index is 0.0115. The summed E-state index contributed by atoms with van der Waals surface area (Å²) in [5.74, 6) is 0.182. The standard InChI is InChI=1S/C20H27ClN4O3/c1-4-13-14-15(28-20(2,3)27-14)18(26-13)25-10-9-12-16(22-11-7-5-6-8-11)23-19(21)24-17(12)25/h9-11,13-15,18H,4-8H2,1-3H3,(H,22,23,24)/t13-,14-,15-,18-/m1/s1. The Labute approximate surface area is 169 Å².